The number of nitrogens with one attached hydrogen (secondary N) is 1. The van der Waals surface area contributed by atoms with Gasteiger partial charge in [0.05, 0.1) is 0 Å². The van der Waals surface area contributed by atoms with Gasteiger partial charge in [-0.05, 0) is 44.2 Å². The van der Waals surface area contributed by atoms with Gasteiger partial charge < -0.3 is 14.0 Å². The van der Waals surface area contributed by atoms with E-state index in [0.717, 1.165) is 12.8 Å². The summed E-state index contributed by atoms with van der Waals surface area (Å²) in [5.74, 6) is 0.411. The number of sulfonamides is 1. The molecule has 1 saturated heterocycles. The number of nitrogens with zero attached hydrogens (tertiary/aromatic N) is 4. The number of rotatable bonds is 8. The van der Waals surface area contributed by atoms with Gasteiger partial charge in [-0.25, -0.2) is 8.42 Å². The molecule has 0 saturated carbocycles. The van der Waals surface area contributed by atoms with Crippen molar-refractivity contribution in [3.63, 3.8) is 0 Å². The molecule has 0 bridgehead atoms. The van der Waals surface area contributed by atoms with Crippen molar-refractivity contribution in [1.82, 2.24) is 19.3 Å². The van der Waals surface area contributed by atoms with Gasteiger partial charge in [0.15, 0.2) is 10.7 Å². The van der Waals surface area contributed by atoms with E-state index in [1.807, 2.05) is 6.07 Å². The predicted molar refractivity (Wildman–Crippen MR) is 130 cm³/mol. The maximum atomic E-state index is 13.6. The van der Waals surface area contributed by atoms with Crippen LogP contribution in [0.4, 0.5) is 0 Å². The minimum atomic E-state index is -4.15. The Morgan fingerprint density at radius 3 is 2.63 bits per heavy atom. The molecule has 1 fully saturated rings. The number of carbonyl (C=O) groups is 1. The van der Waals surface area contributed by atoms with Crippen LogP contribution in [0.1, 0.15) is 37.6 Å². The zero-order valence-corrected chi connectivity index (χ0v) is 20.7. The first-order chi connectivity index (χ1) is 16.8. The number of amides is 1. The fourth-order valence-corrected chi connectivity index (χ4v) is 5.90. The largest absolute Gasteiger partial charge is 0.360 e. The number of likely N-dealkylation sites (tertiary alicyclic amines) is 1. The predicted octanol–water partition coefficient (Wildman–Crippen LogP) is 3.32. The third-order valence-electron chi connectivity index (χ3n) is 6.42. The zero-order chi connectivity index (χ0) is 25.0. The lowest BCUT2D eigenvalue weighted by molar-refractivity contribution is -0.134. The summed E-state index contributed by atoms with van der Waals surface area (Å²) < 4.78 is 36.8. The highest BCUT2D eigenvalue weighted by molar-refractivity contribution is 7.89. The Morgan fingerprint density at radius 2 is 1.94 bits per heavy atom. The highest BCUT2D eigenvalue weighted by atomic mass is 32.2. The van der Waals surface area contributed by atoms with Gasteiger partial charge in [0.1, 0.15) is 23.5 Å². The molecule has 1 atom stereocenters. The molecule has 1 amide bonds. The second kappa shape index (κ2) is 10.5. The van der Waals surface area contributed by atoms with Crippen LogP contribution in [0.5, 0.6) is 0 Å². The lowest BCUT2D eigenvalue weighted by Gasteiger charge is -2.33. The van der Waals surface area contributed by atoms with Gasteiger partial charge in [-0.2, -0.15) is 9.98 Å². The number of aromatic nitrogens is 2. The highest BCUT2D eigenvalue weighted by Gasteiger charge is 2.34. The molecule has 1 aromatic carbocycles. The molecule has 1 N–H and O–H groups in total. The number of benzene rings is 1. The van der Waals surface area contributed by atoms with Crippen LogP contribution in [-0.2, 0) is 21.4 Å². The van der Waals surface area contributed by atoms with E-state index >= 15 is 0 Å². The smallest absolute Gasteiger partial charge is 0.247 e. The highest BCUT2D eigenvalue weighted by Crippen LogP contribution is 2.29. The Kier molecular flexibility index (Phi) is 7.38. The van der Waals surface area contributed by atoms with Gasteiger partial charge in [0.25, 0.3) is 0 Å². The minimum Gasteiger partial charge on any atom is -0.360 e. The van der Waals surface area contributed by atoms with Crippen molar-refractivity contribution < 1.29 is 17.7 Å². The molecule has 35 heavy (non-hydrogen) atoms. The van der Waals surface area contributed by atoms with Gasteiger partial charge in [0.2, 0.25) is 15.9 Å². The van der Waals surface area contributed by atoms with Crippen LogP contribution in [0, 0.1) is 24.2 Å². The molecular weight excluding hydrogens is 466 g/mol. The van der Waals surface area contributed by atoms with Crippen LogP contribution in [0.3, 0.4) is 0 Å². The van der Waals surface area contributed by atoms with E-state index in [1.54, 1.807) is 52.1 Å². The average molecular weight is 496 g/mol. The van der Waals surface area contributed by atoms with Crippen LogP contribution in [0.25, 0.3) is 11.3 Å². The lowest BCUT2D eigenvalue weighted by atomic mass is 9.98. The van der Waals surface area contributed by atoms with Crippen molar-refractivity contribution in [3.8, 4) is 17.3 Å². The van der Waals surface area contributed by atoms with Crippen LogP contribution < -0.4 is 4.72 Å². The molecule has 1 unspecified atom stereocenters. The Balaban J connectivity index is 1.63. The SMILES string of the molecule is Cc1onc(-c2ccccc2)c1S(=O)(=O)NC(CCn1cccc1C#N)C(=O)N1CCC(C)CC1. The van der Waals surface area contributed by atoms with Crippen molar-refractivity contribution in [2.45, 2.75) is 50.6 Å². The molecule has 0 radical (unpaired) electrons. The summed E-state index contributed by atoms with van der Waals surface area (Å²) in [4.78, 5) is 15.1. The van der Waals surface area contributed by atoms with Crippen LogP contribution >= 0.6 is 0 Å². The number of carbonyl (C=O) groups excluding carboxylic acids is 1. The first-order valence-corrected chi connectivity index (χ1v) is 13.2. The van der Waals surface area contributed by atoms with E-state index in [4.69, 9.17) is 4.52 Å². The van der Waals surface area contributed by atoms with E-state index in [9.17, 15) is 18.5 Å². The van der Waals surface area contributed by atoms with E-state index in [0.29, 0.717) is 36.8 Å². The number of nitriles is 1. The molecule has 1 aliphatic heterocycles. The van der Waals surface area contributed by atoms with Crippen molar-refractivity contribution in [3.05, 3.63) is 60.1 Å². The summed E-state index contributed by atoms with van der Waals surface area (Å²) in [6, 6.07) is 13.4. The molecule has 4 rings (SSSR count). The fourth-order valence-electron chi connectivity index (χ4n) is 4.37. The quantitative estimate of drug-likeness (QED) is 0.512. The summed E-state index contributed by atoms with van der Waals surface area (Å²) in [7, 11) is -4.15. The fraction of sp³-hybridized carbons (Fsp3) is 0.400. The van der Waals surface area contributed by atoms with Gasteiger partial charge in [-0.1, -0.05) is 42.4 Å². The topological polar surface area (TPSA) is 121 Å². The molecule has 0 aliphatic carbocycles. The normalized spacial score (nSPS) is 15.6. The first-order valence-electron chi connectivity index (χ1n) is 11.7. The average Bonchev–Trinajstić information content (AvgIpc) is 3.48. The zero-order valence-electron chi connectivity index (χ0n) is 19.8. The molecule has 2 aromatic heterocycles. The molecular formula is C25H29N5O4S. The third kappa shape index (κ3) is 5.47. The summed E-state index contributed by atoms with van der Waals surface area (Å²) in [5, 5.41) is 13.3. The first kappa shape index (κ1) is 24.7. The van der Waals surface area contributed by atoms with Crippen molar-refractivity contribution in [1.29, 1.82) is 5.26 Å². The Hall–Kier alpha value is -3.42. The second-order valence-corrected chi connectivity index (χ2v) is 10.6. The van der Waals surface area contributed by atoms with Crippen molar-refractivity contribution >= 4 is 15.9 Å². The van der Waals surface area contributed by atoms with E-state index < -0.39 is 16.1 Å². The Bertz CT molecular complexity index is 1320. The van der Waals surface area contributed by atoms with Gasteiger partial charge in [-0.3, -0.25) is 4.79 Å². The minimum absolute atomic E-state index is 0.0764. The third-order valence-corrected chi connectivity index (χ3v) is 8.03. The second-order valence-electron chi connectivity index (χ2n) is 8.95. The van der Waals surface area contributed by atoms with Crippen molar-refractivity contribution in [2.24, 2.45) is 5.92 Å². The Labute approximate surface area is 205 Å². The van der Waals surface area contributed by atoms with Crippen molar-refractivity contribution in [2.75, 3.05) is 13.1 Å². The van der Waals surface area contributed by atoms with Crippen LogP contribution in [0.15, 0.2) is 58.1 Å². The number of hydrogen-bond donors (Lipinski definition) is 1. The Morgan fingerprint density at radius 1 is 1.23 bits per heavy atom. The summed E-state index contributed by atoms with van der Waals surface area (Å²) in [6.45, 7) is 5.18. The molecule has 0 spiro atoms. The summed E-state index contributed by atoms with van der Waals surface area (Å²) in [5.41, 5.74) is 1.25. The van der Waals surface area contributed by atoms with Crippen LogP contribution in [0.2, 0.25) is 0 Å². The summed E-state index contributed by atoms with van der Waals surface area (Å²) >= 11 is 0. The summed E-state index contributed by atoms with van der Waals surface area (Å²) in [6.07, 6.45) is 3.70. The standard InChI is InChI=1S/C25H29N5O4S/c1-18-10-14-30(15-11-18)25(31)22(12-16-29-13-6-9-21(29)17-26)28-35(32,33)24-19(2)34-27-23(24)20-7-4-3-5-8-20/h3-9,13,18,22,28H,10-12,14-16H2,1-2H3. The van der Waals surface area contributed by atoms with Crippen LogP contribution in [-0.4, -0.2) is 48.1 Å². The van der Waals surface area contributed by atoms with Gasteiger partial charge >= 0.3 is 0 Å². The lowest BCUT2D eigenvalue weighted by Crippen LogP contribution is -2.51. The number of hydrogen-bond acceptors (Lipinski definition) is 6. The maximum Gasteiger partial charge on any atom is 0.247 e. The monoisotopic (exact) mass is 495 g/mol. The molecule has 3 aromatic rings. The molecule has 10 heteroatoms. The molecule has 184 valence electrons. The van der Waals surface area contributed by atoms with E-state index in [1.165, 1.54) is 6.92 Å². The van der Waals surface area contributed by atoms with Gasteiger partial charge in [-0.15, -0.1) is 0 Å². The van der Waals surface area contributed by atoms with Gasteiger partial charge in [0, 0.05) is 31.4 Å². The molecule has 9 nitrogen and oxygen atoms in total. The van der Waals surface area contributed by atoms with E-state index in [2.05, 4.69) is 22.9 Å². The number of piperidine rings is 1. The molecule has 1 aliphatic rings. The molecule has 3 heterocycles. The number of aryl methyl sites for hydroxylation is 2. The maximum absolute atomic E-state index is 13.6. The van der Waals surface area contributed by atoms with E-state index in [-0.39, 0.29) is 28.7 Å².